The first-order valence-electron chi connectivity index (χ1n) is 10.9. The van der Waals surface area contributed by atoms with Crippen molar-refractivity contribution in [3.63, 3.8) is 0 Å². The summed E-state index contributed by atoms with van der Waals surface area (Å²) in [4.78, 5) is 39.7. The van der Waals surface area contributed by atoms with Crippen molar-refractivity contribution in [2.75, 3.05) is 13.1 Å². The van der Waals surface area contributed by atoms with Crippen LogP contribution in [0.1, 0.15) is 30.5 Å². The van der Waals surface area contributed by atoms with Crippen molar-refractivity contribution in [3.05, 3.63) is 104 Å². The topological polar surface area (TPSA) is 76.3 Å². The number of carbonyl (C=O) groups excluding carboxylic acids is 1. The summed E-state index contributed by atoms with van der Waals surface area (Å²) < 4.78 is 2.39. The van der Waals surface area contributed by atoms with Gasteiger partial charge in [-0.1, -0.05) is 68.4 Å². The SMILES string of the molecule is CCN(CC)Cc1ccc(CNC(=O)Cn2c(=O)ccn(Cc3ccccc3)c2=O)cc1. The fourth-order valence-corrected chi connectivity index (χ4v) is 3.47. The summed E-state index contributed by atoms with van der Waals surface area (Å²) in [7, 11) is 0. The molecule has 0 atom stereocenters. The monoisotopic (exact) mass is 434 g/mol. The van der Waals surface area contributed by atoms with E-state index in [1.54, 1.807) is 0 Å². The van der Waals surface area contributed by atoms with Gasteiger partial charge < -0.3 is 5.32 Å². The van der Waals surface area contributed by atoms with E-state index in [9.17, 15) is 14.4 Å². The molecule has 1 N–H and O–H groups in total. The molecule has 0 bridgehead atoms. The molecule has 1 heterocycles. The molecule has 0 spiro atoms. The molecule has 0 aliphatic heterocycles. The lowest BCUT2D eigenvalue weighted by Crippen LogP contribution is -2.43. The Morgan fingerprint density at radius 3 is 2.19 bits per heavy atom. The molecular weight excluding hydrogens is 404 g/mol. The van der Waals surface area contributed by atoms with E-state index in [1.807, 2.05) is 42.5 Å². The Hall–Kier alpha value is -3.45. The lowest BCUT2D eigenvalue weighted by atomic mass is 10.1. The van der Waals surface area contributed by atoms with Crippen LogP contribution in [-0.4, -0.2) is 33.0 Å². The first kappa shape index (κ1) is 23.2. The van der Waals surface area contributed by atoms with Crippen LogP contribution in [0.25, 0.3) is 0 Å². The third-order valence-corrected chi connectivity index (χ3v) is 5.45. The van der Waals surface area contributed by atoms with Gasteiger partial charge in [-0.2, -0.15) is 0 Å². The Balaban J connectivity index is 1.61. The maximum absolute atomic E-state index is 12.7. The quantitative estimate of drug-likeness (QED) is 0.531. The molecule has 1 amide bonds. The Morgan fingerprint density at radius 1 is 0.875 bits per heavy atom. The van der Waals surface area contributed by atoms with Gasteiger partial charge in [-0.05, 0) is 29.8 Å². The number of hydrogen-bond acceptors (Lipinski definition) is 4. The number of carbonyl (C=O) groups is 1. The molecule has 0 fully saturated rings. The summed E-state index contributed by atoms with van der Waals surface area (Å²) in [6, 6.07) is 18.9. The van der Waals surface area contributed by atoms with Crippen LogP contribution in [0.4, 0.5) is 0 Å². The summed E-state index contributed by atoms with van der Waals surface area (Å²) in [5.41, 5.74) is 2.13. The molecule has 168 valence electrons. The van der Waals surface area contributed by atoms with Crippen molar-refractivity contribution in [2.24, 2.45) is 0 Å². The molecule has 7 nitrogen and oxygen atoms in total. The minimum absolute atomic E-state index is 0.312. The zero-order valence-corrected chi connectivity index (χ0v) is 18.7. The second kappa shape index (κ2) is 11.2. The predicted octanol–water partition coefficient (Wildman–Crippen LogP) is 2.22. The Bertz CT molecular complexity index is 1130. The van der Waals surface area contributed by atoms with Gasteiger partial charge >= 0.3 is 5.69 Å². The van der Waals surface area contributed by atoms with E-state index in [1.165, 1.54) is 22.4 Å². The summed E-state index contributed by atoms with van der Waals surface area (Å²) in [5.74, 6) is -0.381. The van der Waals surface area contributed by atoms with Crippen molar-refractivity contribution in [3.8, 4) is 0 Å². The number of aromatic nitrogens is 2. The normalized spacial score (nSPS) is 11.0. The lowest BCUT2D eigenvalue weighted by molar-refractivity contribution is -0.121. The van der Waals surface area contributed by atoms with Crippen LogP contribution in [0, 0.1) is 0 Å². The standard InChI is InChI=1S/C25H30N4O3/c1-3-27(4-2)17-22-12-10-20(11-13-22)16-26-23(30)19-29-24(31)14-15-28(25(29)32)18-21-8-6-5-7-9-21/h5-15H,3-4,16-19H2,1-2H3,(H,26,30). The van der Waals surface area contributed by atoms with Crippen LogP contribution >= 0.6 is 0 Å². The highest BCUT2D eigenvalue weighted by Crippen LogP contribution is 2.07. The van der Waals surface area contributed by atoms with Crippen LogP contribution in [0.15, 0.2) is 76.4 Å². The van der Waals surface area contributed by atoms with Crippen molar-refractivity contribution >= 4 is 5.91 Å². The number of nitrogens with one attached hydrogen (secondary N) is 1. The Labute approximate surface area is 187 Å². The molecule has 7 heteroatoms. The molecule has 0 aliphatic rings. The average molecular weight is 435 g/mol. The van der Waals surface area contributed by atoms with Gasteiger partial charge in [0, 0.05) is 25.4 Å². The van der Waals surface area contributed by atoms with E-state index in [4.69, 9.17) is 0 Å². The zero-order valence-electron chi connectivity index (χ0n) is 18.7. The molecule has 0 saturated heterocycles. The zero-order chi connectivity index (χ0) is 22.9. The lowest BCUT2D eigenvalue weighted by Gasteiger charge is -2.18. The summed E-state index contributed by atoms with van der Waals surface area (Å²) in [5, 5.41) is 2.80. The maximum atomic E-state index is 12.7. The molecule has 0 unspecified atom stereocenters. The van der Waals surface area contributed by atoms with Crippen molar-refractivity contribution < 1.29 is 4.79 Å². The van der Waals surface area contributed by atoms with Gasteiger partial charge in [0.25, 0.3) is 5.56 Å². The molecular formula is C25H30N4O3. The third kappa shape index (κ3) is 6.28. The maximum Gasteiger partial charge on any atom is 0.331 e. The van der Waals surface area contributed by atoms with Crippen LogP contribution in [0.3, 0.4) is 0 Å². The highest BCUT2D eigenvalue weighted by atomic mass is 16.2. The fourth-order valence-electron chi connectivity index (χ4n) is 3.47. The highest BCUT2D eigenvalue weighted by molar-refractivity contribution is 5.75. The minimum atomic E-state index is -0.503. The molecule has 2 aromatic carbocycles. The molecule has 0 saturated carbocycles. The molecule has 32 heavy (non-hydrogen) atoms. The van der Waals surface area contributed by atoms with Crippen LogP contribution in [0.2, 0.25) is 0 Å². The van der Waals surface area contributed by atoms with Gasteiger partial charge in [-0.3, -0.25) is 23.6 Å². The Kier molecular flexibility index (Phi) is 8.16. The van der Waals surface area contributed by atoms with E-state index in [-0.39, 0.29) is 12.5 Å². The van der Waals surface area contributed by atoms with Crippen LogP contribution in [-0.2, 0) is 31.0 Å². The largest absolute Gasteiger partial charge is 0.350 e. The van der Waals surface area contributed by atoms with E-state index >= 15 is 0 Å². The van der Waals surface area contributed by atoms with Gasteiger partial charge in [0.1, 0.15) is 6.54 Å². The van der Waals surface area contributed by atoms with Gasteiger partial charge in [0.05, 0.1) is 6.54 Å². The van der Waals surface area contributed by atoms with Crippen molar-refractivity contribution in [1.82, 2.24) is 19.4 Å². The first-order chi connectivity index (χ1) is 15.5. The number of benzene rings is 2. The summed E-state index contributed by atoms with van der Waals surface area (Å²) in [6.07, 6.45) is 1.46. The number of rotatable bonds is 10. The summed E-state index contributed by atoms with van der Waals surface area (Å²) in [6.45, 7) is 7.54. The van der Waals surface area contributed by atoms with Crippen molar-refractivity contribution in [2.45, 2.75) is 40.0 Å². The first-order valence-corrected chi connectivity index (χ1v) is 10.9. The summed E-state index contributed by atoms with van der Waals surface area (Å²) >= 11 is 0. The number of amides is 1. The van der Waals surface area contributed by atoms with Crippen molar-refractivity contribution in [1.29, 1.82) is 0 Å². The molecule has 1 aromatic heterocycles. The average Bonchev–Trinajstić information content (AvgIpc) is 2.82. The van der Waals surface area contributed by atoms with Gasteiger partial charge in [0.15, 0.2) is 0 Å². The van der Waals surface area contributed by atoms with Gasteiger partial charge in [-0.15, -0.1) is 0 Å². The smallest absolute Gasteiger partial charge is 0.331 e. The molecule has 0 radical (unpaired) electrons. The second-order valence-electron chi connectivity index (χ2n) is 7.69. The third-order valence-electron chi connectivity index (χ3n) is 5.45. The fraction of sp³-hybridized carbons (Fsp3) is 0.320. The van der Waals surface area contributed by atoms with Gasteiger partial charge in [0.2, 0.25) is 5.91 Å². The second-order valence-corrected chi connectivity index (χ2v) is 7.69. The van der Waals surface area contributed by atoms with Crippen LogP contribution in [0.5, 0.6) is 0 Å². The molecule has 0 aliphatic carbocycles. The Morgan fingerprint density at radius 2 is 1.53 bits per heavy atom. The van der Waals surface area contributed by atoms with E-state index in [2.05, 4.69) is 36.2 Å². The van der Waals surface area contributed by atoms with Gasteiger partial charge in [-0.25, -0.2) is 4.79 Å². The molecule has 3 rings (SSSR count). The number of hydrogen-bond donors (Lipinski definition) is 1. The predicted molar refractivity (Wildman–Crippen MR) is 125 cm³/mol. The van der Waals surface area contributed by atoms with E-state index in [0.717, 1.165) is 35.3 Å². The van der Waals surface area contributed by atoms with E-state index in [0.29, 0.717) is 13.1 Å². The van der Waals surface area contributed by atoms with E-state index < -0.39 is 11.2 Å². The molecule has 3 aromatic rings. The number of nitrogens with zero attached hydrogens (tertiary/aromatic N) is 3. The highest BCUT2D eigenvalue weighted by Gasteiger charge is 2.10. The minimum Gasteiger partial charge on any atom is -0.350 e. The van der Waals surface area contributed by atoms with Crippen LogP contribution < -0.4 is 16.6 Å².